The Kier molecular flexibility index (Phi) is 5.51. The number of hydrogen-bond acceptors (Lipinski definition) is 3. The first-order valence-electron chi connectivity index (χ1n) is 8.66. The van der Waals surface area contributed by atoms with Gasteiger partial charge in [0.2, 0.25) is 5.91 Å². The van der Waals surface area contributed by atoms with Crippen LogP contribution < -0.4 is 15.6 Å². The lowest BCUT2D eigenvalue weighted by Gasteiger charge is -2.16. The maximum Gasteiger partial charge on any atom is 0.259 e. The monoisotopic (exact) mass is 384 g/mol. The first-order chi connectivity index (χ1) is 12.9. The predicted octanol–water partition coefficient (Wildman–Crippen LogP) is 3.86. The molecule has 3 aromatic rings. The zero-order valence-corrected chi connectivity index (χ0v) is 16.2. The highest BCUT2D eigenvalue weighted by Crippen LogP contribution is 2.26. The molecule has 1 N–H and O–H groups in total. The van der Waals surface area contributed by atoms with E-state index in [-0.39, 0.29) is 24.1 Å². The number of aromatic nitrogens is 1. The first kappa shape index (κ1) is 19.0. The van der Waals surface area contributed by atoms with Crippen LogP contribution in [0.1, 0.15) is 13.8 Å². The number of methoxy groups -OCH3 is 1. The second kappa shape index (κ2) is 7.84. The number of nitrogens with one attached hydrogen (secondary N) is 1. The van der Waals surface area contributed by atoms with Crippen molar-refractivity contribution < 1.29 is 9.53 Å². The first-order valence-corrected chi connectivity index (χ1v) is 9.03. The van der Waals surface area contributed by atoms with E-state index >= 15 is 0 Å². The molecule has 0 saturated heterocycles. The second-order valence-corrected chi connectivity index (χ2v) is 7.04. The SMILES string of the molecule is COc1ccc2cc(-c3cccc(Cl)c3)n(CC(=O)NC(C)C)c(=O)c2c1. The number of halogens is 1. The highest BCUT2D eigenvalue weighted by Gasteiger charge is 2.15. The molecule has 0 saturated carbocycles. The molecule has 0 radical (unpaired) electrons. The molecule has 0 spiro atoms. The average Bonchev–Trinajstić information content (AvgIpc) is 2.63. The van der Waals surface area contributed by atoms with E-state index in [2.05, 4.69) is 5.32 Å². The van der Waals surface area contributed by atoms with E-state index < -0.39 is 0 Å². The topological polar surface area (TPSA) is 60.3 Å². The van der Waals surface area contributed by atoms with Crippen LogP contribution in [0.25, 0.3) is 22.0 Å². The highest BCUT2D eigenvalue weighted by molar-refractivity contribution is 6.30. The summed E-state index contributed by atoms with van der Waals surface area (Å²) >= 11 is 6.14. The van der Waals surface area contributed by atoms with Gasteiger partial charge in [0.25, 0.3) is 5.56 Å². The Labute approximate surface area is 162 Å². The van der Waals surface area contributed by atoms with Crippen molar-refractivity contribution >= 4 is 28.3 Å². The van der Waals surface area contributed by atoms with Crippen LogP contribution in [0.3, 0.4) is 0 Å². The van der Waals surface area contributed by atoms with Gasteiger partial charge in [0.15, 0.2) is 0 Å². The molecule has 1 heterocycles. The van der Waals surface area contributed by atoms with Crippen LogP contribution >= 0.6 is 11.6 Å². The fraction of sp³-hybridized carbons (Fsp3) is 0.238. The van der Waals surface area contributed by atoms with Crippen molar-refractivity contribution in [2.24, 2.45) is 0 Å². The summed E-state index contributed by atoms with van der Waals surface area (Å²) in [5.41, 5.74) is 1.16. The largest absolute Gasteiger partial charge is 0.497 e. The number of amides is 1. The summed E-state index contributed by atoms with van der Waals surface area (Å²) in [6.45, 7) is 3.68. The Morgan fingerprint density at radius 2 is 1.96 bits per heavy atom. The van der Waals surface area contributed by atoms with Crippen molar-refractivity contribution in [3.63, 3.8) is 0 Å². The Morgan fingerprint density at radius 3 is 2.63 bits per heavy atom. The van der Waals surface area contributed by atoms with Gasteiger partial charge in [0, 0.05) is 11.1 Å². The zero-order valence-electron chi connectivity index (χ0n) is 15.5. The third kappa shape index (κ3) is 4.14. The van der Waals surface area contributed by atoms with E-state index in [0.717, 1.165) is 10.9 Å². The number of hydrogen-bond donors (Lipinski definition) is 1. The van der Waals surface area contributed by atoms with Gasteiger partial charge in [0.1, 0.15) is 12.3 Å². The smallest absolute Gasteiger partial charge is 0.259 e. The predicted molar refractivity (Wildman–Crippen MR) is 108 cm³/mol. The van der Waals surface area contributed by atoms with Crippen molar-refractivity contribution in [2.45, 2.75) is 26.4 Å². The van der Waals surface area contributed by atoms with Gasteiger partial charge in [-0.3, -0.25) is 14.2 Å². The molecule has 1 aromatic heterocycles. The van der Waals surface area contributed by atoms with E-state index in [9.17, 15) is 9.59 Å². The standard InChI is InChI=1S/C21H21ClN2O3/c1-13(2)23-20(25)12-24-19(15-5-4-6-16(22)9-15)10-14-7-8-17(27-3)11-18(14)21(24)26/h4-11,13H,12H2,1-3H3,(H,23,25). The number of pyridine rings is 1. The Morgan fingerprint density at radius 1 is 1.19 bits per heavy atom. The summed E-state index contributed by atoms with van der Waals surface area (Å²) in [5, 5.41) is 4.66. The summed E-state index contributed by atoms with van der Waals surface area (Å²) in [4.78, 5) is 25.6. The van der Waals surface area contributed by atoms with Gasteiger partial charge in [-0.1, -0.05) is 29.8 Å². The summed E-state index contributed by atoms with van der Waals surface area (Å²) in [6.07, 6.45) is 0. The Hall–Kier alpha value is -2.79. The van der Waals surface area contributed by atoms with Crippen LogP contribution in [0.15, 0.2) is 53.3 Å². The van der Waals surface area contributed by atoms with Crippen LogP contribution in [-0.2, 0) is 11.3 Å². The number of ether oxygens (including phenoxy) is 1. The molecule has 6 heteroatoms. The van der Waals surface area contributed by atoms with Crippen LogP contribution in [-0.4, -0.2) is 23.6 Å². The number of fused-ring (bicyclic) bond motifs is 1. The van der Waals surface area contributed by atoms with E-state index in [1.54, 1.807) is 31.4 Å². The average molecular weight is 385 g/mol. The Bertz CT molecular complexity index is 1060. The molecule has 0 aliphatic carbocycles. The van der Waals surface area contributed by atoms with E-state index in [1.165, 1.54) is 4.57 Å². The van der Waals surface area contributed by atoms with Crippen molar-refractivity contribution in [3.05, 3.63) is 63.9 Å². The van der Waals surface area contributed by atoms with Gasteiger partial charge in [-0.2, -0.15) is 0 Å². The van der Waals surface area contributed by atoms with Crippen molar-refractivity contribution in [2.75, 3.05) is 7.11 Å². The van der Waals surface area contributed by atoms with Gasteiger partial charge in [0.05, 0.1) is 18.2 Å². The molecule has 0 fully saturated rings. The summed E-state index contributed by atoms with van der Waals surface area (Å²) in [7, 11) is 1.55. The number of carbonyl (C=O) groups excluding carboxylic acids is 1. The molecule has 5 nitrogen and oxygen atoms in total. The summed E-state index contributed by atoms with van der Waals surface area (Å²) < 4.78 is 6.71. The highest BCUT2D eigenvalue weighted by atomic mass is 35.5. The van der Waals surface area contributed by atoms with Gasteiger partial charge < -0.3 is 10.1 Å². The van der Waals surface area contributed by atoms with Crippen molar-refractivity contribution in [3.8, 4) is 17.0 Å². The molecule has 0 aliphatic heterocycles. The van der Waals surface area contributed by atoms with Crippen LogP contribution in [0.4, 0.5) is 0 Å². The fourth-order valence-corrected chi connectivity index (χ4v) is 3.20. The van der Waals surface area contributed by atoms with Gasteiger partial charge in [-0.15, -0.1) is 0 Å². The van der Waals surface area contributed by atoms with Gasteiger partial charge in [-0.25, -0.2) is 0 Å². The van der Waals surface area contributed by atoms with Crippen LogP contribution in [0.5, 0.6) is 5.75 Å². The van der Waals surface area contributed by atoms with Gasteiger partial charge >= 0.3 is 0 Å². The third-order valence-electron chi connectivity index (χ3n) is 4.19. The Balaban J connectivity index is 2.23. The third-order valence-corrected chi connectivity index (χ3v) is 4.43. The zero-order chi connectivity index (χ0) is 19.6. The molecule has 1 amide bonds. The van der Waals surface area contributed by atoms with E-state index in [0.29, 0.717) is 21.9 Å². The molecule has 0 unspecified atom stereocenters. The summed E-state index contributed by atoms with van der Waals surface area (Å²) in [5.74, 6) is 0.367. The van der Waals surface area contributed by atoms with Gasteiger partial charge in [-0.05, 0) is 55.1 Å². The minimum absolute atomic E-state index is 0.0108. The van der Waals surface area contributed by atoms with Crippen molar-refractivity contribution in [1.82, 2.24) is 9.88 Å². The van der Waals surface area contributed by atoms with E-state index in [4.69, 9.17) is 16.3 Å². The molecule has 3 rings (SSSR count). The maximum atomic E-state index is 13.2. The lowest BCUT2D eigenvalue weighted by Crippen LogP contribution is -2.36. The number of nitrogens with zero attached hydrogens (tertiary/aromatic N) is 1. The molecule has 27 heavy (non-hydrogen) atoms. The number of carbonyl (C=O) groups is 1. The van der Waals surface area contributed by atoms with E-state index in [1.807, 2.05) is 38.1 Å². The fourth-order valence-electron chi connectivity index (χ4n) is 3.01. The second-order valence-electron chi connectivity index (χ2n) is 6.61. The van der Waals surface area contributed by atoms with Crippen LogP contribution in [0.2, 0.25) is 5.02 Å². The molecule has 2 aromatic carbocycles. The molecule has 0 aliphatic rings. The molecular weight excluding hydrogens is 364 g/mol. The van der Waals surface area contributed by atoms with Crippen molar-refractivity contribution in [1.29, 1.82) is 0 Å². The quantitative estimate of drug-likeness (QED) is 0.726. The number of benzene rings is 2. The molecule has 0 bridgehead atoms. The normalized spacial score (nSPS) is 11.0. The lowest BCUT2D eigenvalue weighted by molar-refractivity contribution is -0.122. The minimum atomic E-state index is -0.250. The molecular formula is C21H21ClN2O3. The summed E-state index contributed by atoms with van der Waals surface area (Å²) in [6, 6.07) is 14.4. The van der Waals surface area contributed by atoms with Crippen LogP contribution in [0, 0.1) is 0 Å². The molecule has 140 valence electrons. The number of rotatable bonds is 5. The maximum absolute atomic E-state index is 13.2. The lowest BCUT2D eigenvalue weighted by atomic mass is 10.1. The minimum Gasteiger partial charge on any atom is -0.497 e. The molecule has 0 atom stereocenters.